The Balaban J connectivity index is 1.28. The second-order valence-electron chi connectivity index (χ2n) is 9.89. The first-order valence-corrected chi connectivity index (χ1v) is 12.9. The van der Waals surface area contributed by atoms with Gasteiger partial charge in [-0.2, -0.15) is 0 Å². The van der Waals surface area contributed by atoms with Crippen LogP contribution >= 0.6 is 0 Å². The molecule has 1 fully saturated rings. The Morgan fingerprint density at radius 2 is 1.73 bits per heavy atom. The Labute approximate surface area is 214 Å². The number of halogens is 1. The van der Waals surface area contributed by atoms with Crippen molar-refractivity contribution >= 4 is 22.4 Å². The van der Waals surface area contributed by atoms with Gasteiger partial charge in [-0.15, -0.1) is 0 Å². The first kappa shape index (κ1) is 22.0. The Kier molecular flexibility index (Phi) is 5.34. The molecule has 7 heteroatoms. The minimum absolute atomic E-state index is 0.209. The third-order valence-electron chi connectivity index (χ3n) is 7.29. The quantitative estimate of drug-likeness (QED) is 0.274. The third kappa shape index (κ3) is 4.20. The highest BCUT2D eigenvalue weighted by atomic mass is 19.1. The van der Waals surface area contributed by atoms with Crippen molar-refractivity contribution in [3.8, 4) is 22.6 Å². The Hall–Kier alpha value is -4.26. The molecule has 3 aromatic carbocycles. The molecule has 2 aliphatic rings. The fourth-order valence-corrected chi connectivity index (χ4v) is 5.30. The summed E-state index contributed by atoms with van der Waals surface area (Å²) < 4.78 is 16.1. The van der Waals surface area contributed by atoms with E-state index in [1.807, 2.05) is 6.07 Å². The maximum absolute atomic E-state index is 13.7. The summed E-state index contributed by atoms with van der Waals surface area (Å²) in [4.78, 5) is 14.4. The van der Waals surface area contributed by atoms with Crippen molar-refractivity contribution in [1.29, 1.82) is 0 Å². The van der Waals surface area contributed by atoms with E-state index in [-0.39, 0.29) is 11.9 Å². The molecule has 0 saturated heterocycles. The van der Waals surface area contributed by atoms with E-state index < -0.39 is 0 Å². The van der Waals surface area contributed by atoms with Gasteiger partial charge in [0.15, 0.2) is 0 Å². The van der Waals surface area contributed by atoms with Gasteiger partial charge in [-0.25, -0.2) is 19.3 Å². The molecule has 0 bridgehead atoms. The second kappa shape index (κ2) is 9.00. The zero-order valence-electron chi connectivity index (χ0n) is 20.4. The lowest BCUT2D eigenvalue weighted by Gasteiger charge is -2.19. The molecule has 7 rings (SSSR count). The summed E-state index contributed by atoms with van der Waals surface area (Å²) in [5, 5.41) is 9.56. The smallest absolute Gasteiger partial charge is 0.223 e. The maximum atomic E-state index is 13.7. The van der Waals surface area contributed by atoms with Crippen LogP contribution in [0.25, 0.3) is 33.4 Å². The Morgan fingerprint density at radius 1 is 0.892 bits per heavy atom. The summed E-state index contributed by atoms with van der Waals surface area (Å²) in [6.45, 7) is 0.769. The van der Waals surface area contributed by atoms with Gasteiger partial charge in [0.05, 0.1) is 23.1 Å². The van der Waals surface area contributed by atoms with Crippen LogP contribution in [0.5, 0.6) is 0 Å². The molecule has 184 valence electrons. The maximum Gasteiger partial charge on any atom is 0.223 e. The standard InChI is InChI=1S/C30H27FN6/c31-21-10-8-20(9-11-21)28-29(26-16-17-32-30(35-26)34-22-12-13-22)37-23(14-15-27(37)36-28)18-33-25-7-3-5-19-4-1-2-6-24(19)25/h1-11,16-17,22-23,33H,12-15,18H2,(H,32,34,35)/t23-/m0/s1. The highest BCUT2D eigenvalue weighted by Crippen LogP contribution is 2.39. The predicted octanol–water partition coefficient (Wildman–Crippen LogP) is 6.47. The minimum atomic E-state index is -0.257. The van der Waals surface area contributed by atoms with Gasteiger partial charge in [0.2, 0.25) is 5.95 Å². The van der Waals surface area contributed by atoms with Gasteiger partial charge in [-0.3, -0.25) is 0 Å². The number of nitrogens with zero attached hydrogens (tertiary/aromatic N) is 4. The second-order valence-corrected chi connectivity index (χ2v) is 9.89. The fourth-order valence-electron chi connectivity index (χ4n) is 5.30. The lowest BCUT2D eigenvalue weighted by Crippen LogP contribution is -2.17. The summed E-state index contributed by atoms with van der Waals surface area (Å²) in [6, 6.07) is 24.0. The minimum Gasteiger partial charge on any atom is -0.382 e. The van der Waals surface area contributed by atoms with Crippen LogP contribution in [0.2, 0.25) is 0 Å². The molecular weight excluding hydrogens is 463 g/mol. The monoisotopic (exact) mass is 490 g/mol. The van der Waals surface area contributed by atoms with E-state index in [0.717, 1.165) is 66.4 Å². The van der Waals surface area contributed by atoms with Crippen molar-refractivity contribution in [2.45, 2.75) is 37.8 Å². The van der Waals surface area contributed by atoms with E-state index in [2.05, 4.69) is 62.6 Å². The molecule has 1 atom stereocenters. The SMILES string of the molecule is Fc1ccc(-c2nc3n(c2-c2ccnc(NC4CC4)n2)[C@H](CNc2cccc4ccccc24)CC3)cc1. The lowest BCUT2D eigenvalue weighted by molar-refractivity contribution is 0.559. The molecule has 37 heavy (non-hydrogen) atoms. The number of rotatable bonds is 7. The number of hydrogen-bond acceptors (Lipinski definition) is 5. The molecule has 1 saturated carbocycles. The van der Waals surface area contributed by atoms with Gasteiger partial charge in [-0.1, -0.05) is 36.4 Å². The van der Waals surface area contributed by atoms with E-state index in [4.69, 9.17) is 9.97 Å². The molecule has 3 heterocycles. The van der Waals surface area contributed by atoms with Crippen LogP contribution in [0, 0.1) is 5.82 Å². The number of aromatic nitrogens is 4. The van der Waals surface area contributed by atoms with Gasteiger partial charge >= 0.3 is 0 Å². The zero-order valence-corrected chi connectivity index (χ0v) is 20.4. The van der Waals surface area contributed by atoms with Crippen LogP contribution in [0.15, 0.2) is 79.0 Å². The first-order valence-electron chi connectivity index (χ1n) is 12.9. The van der Waals surface area contributed by atoms with E-state index in [1.165, 1.54) is 22.9 Å². The lowest BCUT2D eigenvalue weighted by atomic mass is 10.1. The van der Waals surface area contributed by atoms with Crippen LogP contribution in [0.1, 0.15) is 31.1 Å². The van der Waals surface area contributed by atoms with Crippen molar-refractivity contribution in [3.05, 3.63) is 90.6 Å². The molecule has 1 aliphatic heterocycles. The number of nitrogens with one attached hydrogen (secondary N) is 2. The number of aryl methyl sites for hydroxylation is 1. The number of hydrogen-bond donors (Lipinski definition) is 2. The average Bonchev–Trinajstić information content (AvgIpc) is 3.53. The number of benzene rings is 3. The third-order valence-corrected chi connectivity index (χ3v) is 7.29. The van der Waals surface area contributed by atoms with Crippen LogP contribution in [0.4, 0.5) is 16.0 Å². The zero-order chi connectivity index (χ0) is 24.8. The highest BCUT2D eigenvalue weighted by molar-refractivity contribution is 5.93. The van der Waals surface area contributed by atoms with Gasteiger partial charge in [0.1, 0.15) is 11.6 Å². The van der Waals surface area contributed by atoms with E-state index in [9.17, 15) is 4.39 Å². The Morgan fingerprint density at radius 3 is 2.59 bits per heavy atom. The first-order chi connectivity index (χ1) is 18.2. The van der Waals surface area contributed by atoms with Crippen LogP contribution < -0.4 is 10.6 Å². The van der Waals surface area contributed by atoms with Gasteiger partial charge in [0, 0.05) is 41.8 Å². The molecule has 1 aliphatic carbocycles. The average molecular weight is 491 g/mol. The molecular formula is C30H27FN6. The fraction of sp³-hybridized carbons (Fsp3) is 0.233. The summed E-state index contributed by atoms with van der Waals surface area (Å²) >= 11 is 0. The van der Waals surface area contributed by atoms with Crippen LogP contribution in [0.3, 0.4) is 0 Å². The summed E-state index contributed by atoms with van der Waals surface area (Å²) in [5.74, 6) is 1.42. The molecule has 0 spiro atoms. The number of fused-ring (bicyclic) bond motifs is 2. The van der Waals surface area contributed by atoms with Gasteiger partial charge in [0.25, 0.3) is 0 Å². The molecule has 6 nitrogen and oxygen atoms in total. The molecule has 2 N–H and O–H groups in total. The predicted molar refractivity (Wildman–Crippen MR) is 145 cm³/mol. The topological polar surface area (TPSA) is 67.7 Å². The summed E-state index contributed by atoms with van der Waals surface area (Å²) in [5.41, 5.74) is 4.64. The van der Waals surface area contributed by atoms with Crippen LogP contribution in [-0.4, -0.2) is 32.1 Å². The van der Waals surface area contributed by atoms with Crippen molar-refractivity contribution in [2.75, 3.05) is 17.2 Å². The molecule has 2 aromatic heterocycles. The van der Waals surface area contributed by atoms with Crippen molar-refractivity contribution in [2.24, 2.45) is 0 Å². The van der Waals surface area contributed by atoms with Crippen LogP contribution in [-0.2, 0) is 6.42 Å². The van der Waals surface area contributed by atoms with E-state index in [0.29, 0.717) is 12.0 Å². The normalized spacial score (nSPS) is 16.6. The molecule has 5 aromatic rings. The summed E-state index contributed by atoms with van der Waals surface area (Å²) in [6.07, 6.45) is 5.99. The van der Waals surface area contributed by atoms with Crippen molar-refractivity contribution in [1.82, 2.24) is 19.5 Å². The number of imidazole rings is 1. The molecule has 0 unspecified atom stereocenters. The van der Waals surface area contributed by atoms with E-state index in [1.54, 1.807) is 18.3 Å². The van der Waals surface area contributed by atoms with Gasteiger partial charge < -0.3 is 15.2 Å². The van der Waals surface area contributed by atoms with Crippen molar-refractivity contribution < 1.29 is 4.39 Å². The van der Waals surface area contributed by atoms with Crippen molar-refractivity contribution in [3.63, 3.8) is 0 Å². The highest BCUT2D eigenvalue weighted by Gasteiger charge is 2.31. The largest absolute Gasteiger partial charge is 0.382 e. The Bertz CT molecular complexity index is 1580. The molecule has 0 radical (unpaired) electrons. The van der Waals surface area contributed by atoms with Gasteiger partial charge in [-0.05, 0) is 61.0 Å². The number of anilines is 2. The molecule has 0 amide bonds. The summed E-state index contributed by atoms with van der Waals surface area (Å²) in [7, 11) is 0. The van der Waals surface area contributed by atoms with E-state index >= 15 is 0 Å².